The maximum atomic E-state index is 13.5. The van der Waals surface area contributed by atoms with E-state index in [1.807, 2.05) is 36.4 Å². The van der Waals surface area contributed by atoms with Gasteiger partial charge < -0.3 is 19.1 Å². The first kappa shape index (κ1) is 25.6. The number of fused-ring (bicyclic) bond motifs is 1. The van der Waals surface area contributed by atoms with E-state index in [0.717, 1.165) is 10.0 Å². The lowest BCUT2D eigenvalue weighted by Gasteiger charge is -2.27. The van der Waals surface area contributed by atoms with Crippen LogP contribution < -0.4 is 15.0 Å². The molecule has 2 heterocycles. The van der Waals surface area contributed by atoms with Crippen LogP contribution in [-0.2, 0) is 9.53 Å². The van der Waals surface area contributed by atoms with Crippen LogP contribution in [0.5, 0.6) is 11.5 Å². The summed E-state index contributed by atoms with van der Waals surface area (Å²) in [5, 5.41) is 4.99. The summed E-state index contributed by atoms with van der Waals surface area (Å²) in [5.74, 6) is 1.01. The van der Waals surface area contributed by atoms with Gasteiger partial charge in [-0.2, -0.15) is 9.78 Å². The van der Waals surface area contributed by atoms with Crippen molar-refractivity contribution in [2.24, 2.45) is 5.10 Å². The number of hydrogen-bond acceptors (Lipinski definition) is 7. The van der Waals surface area contributed by atoms with Crippen LogP contribution in [0.1, 0.15) is 5.56 Å². The van der Waals surface area contributed by atoms with Gasteiger partial charge in [0.1, 0.15) is 0 Å². The Bertz CT molecular complexity index is 1550. The molecule has 0 N–H and O–H groups in total. The van der Waals surface area contributed by atoms with E-state index >= 15 is 0 Å². The lowest BCUT2D eigenvalue weighted by atomic mass is 10.2. The molecule has 38 heavy (non-hydrogen) atoms. The highest BCUT2D eigenvalue weighted by atomic mass is 79.9. The zero-order chi connectivity index (χ0) is 26.5. The number of benzene rings is 3. The van der Waals surface area contributed by atoms with Gasteiger partial charge in [-0.3, -0.25) is 9.59 Å². The molecule has 1 aromatic heterocycles. The van der Waals surface area contributed by atoms with Gasteiger partial charge in [-0.05, 0) is 24.3 Å². The van der Waals surface area contributed by atoms with E-state index in [4.69, 9.17) is 19.2 Å². The summed E-state index contributed by atoms with van der Waals surface area (Å²) >= 11 is 3.49. The number of para-hydroxylation sites is 1. The Labute approximate surface area is 227 Å². The largest absolute Gasteiger partial charge is 0.493 e. The molecule has 1 fully saturated rings. The fourth-order valence-corrected chi connectivity index (χ4v) is 4.61. The van der Waals surface area contributed by atoms with Gasteiger partial charge >= 0.3 is 0 Å². The van der Waals surface area contributed by atoms with E-state index in [0.29, 0.717) is 60.1 Å². The monoisotopic (exact) mass is 576 g/mol. The lowest BCUT2D eigenvalue weighted by molar-refractivity contribution is -0.137. The number of morpholine rings is 1. The van der Waals surface area contributed by atoms with E-state index in [2.05, 4.69) is 21.0 Å². The lowest BCUT2D eigenvalue weighted by Crippen LogP contribution is -2.43. The number of methoxy groups -OCH3 is 1. The molecule has 0 atom stereocenters. The first-order chi connectivity index (χ1) is 18.5. The van der Waals surface area contributed by atoms with Crippen molar-refractivity contribution >= 4 is 39.0 Å². The molecular formula is C28H25BrN4O5. The van der Waals surface area contributed by atoms with Gasteiger partial charge in [-0.1, -0.05) is 58.4 Å². The summed E-state index contributed by atoms with van der Waals surface area (Å²) in [7, 11) is 1.52. The predicted octanol–water partition coefficient (Wildman–Crippen LogP) is 3.95. The average Bonchev–Trinajstić information content (AvgIpc) is 2.96. The number of carbonyl (C=O) groups excluding carboxylic acids is 1. The topological polar surface area (TPSA) is 95.2 Å². The maximum Gasteiger partial charge on any atom is 0.282 e. The van der Waals surface area contributed by atoms with Crippen molar-refractivity contribution in [2.75, 3.05) is 40.0 Å². The number of nitrogens with zero attached hydrogens (tertiary/aromatic N) is 4. The third kappa shape index (κ3) is 5.46. The van der Waals surface area contributed by atoms with Crippen LogP contribution in [0.2, 0.25) is 0 Å². The minimum absolute atomic E-state index is 0.150. The molecule has 5 rings (SSSR count). The molecule has 1 amide bonds. The van der Waals surface area contributed by atoms with E-state index in [1.54, 1.807) is 35.2 Å². The summed E-state index contributed by atoms with van der Waals surface area (Å²) in [6.07, 6.45) is 1.51. The first-order valence-corrected chi connectivity index (χ1v) is 12.8. The second kappa shape index (κ2) is 11.6. The fraction of sp³-hybridized carbons (Fsp3) is 0.214. The Morgan fingerprint density at radius 3 is 2.61 bits per heavy atom. The van der Waals surface area contributed by atoms with Crippen molar-refractivity contribution in [1.29, 1.82) is 0 Å². The Hall–Kier alpha value is -4.02. The number of aromatic nitrogens is 2. The van der Waals surface area contributed by atoms with Crippen LogP contribution in [0.15, 0.2) is 81.1 Å². The SMILES string of the molecule is COc1cc(Br)cc(C=Nn2c(-c3ccccc3)nc3ccccc3c2=O)c1OCC(=O)N1CCOCC1. The predicted molar refractivity (Wildman–Crippen MR) is 148 cm³/mol. The van der Waals surface area contributed by atoms with Crippen molar-refractivity contribution in [3.63, 3.8) is 0 Å². The smallest absolute Gasteiger partial charge is 0.282 e. The highest BCUT2D eigenvalue weighted by Crippen LogP contribution is 2.34. The van der Waals surface area contributed by atoms with E-state index in [1.165, 1.54) is 18.0 Å². The molecule has 194 valence electrons. The molecule has 10 heteroatoms. The molecular weight excluding hydrogens is 552 g/mol. The van der Waals surface area contributed by atoms with Crippen LogP contribution in [-0.4, -0.2) is 66.7 Å². The molecule has 1 aliphatic heterocycles. The minimum atomic E-state index is -0.308. The van der Waals surface area contributed by atoms with Crippen molar-refractivity contribution in [1.82, 2.24) is 14.6 Å². The summed E-state index contributed by atoms with van der Waals surface area (Å²) < 4.78 is 18.8. The van der Waals surface area contributed by atoms with Gasteiger partial charge in [0.15, 0.2) is 23.9 Å². The quantitative estimate of drug-likeness (QED) is 0.309. The molecule has 1 aliphatic rings. The Morgan fingerprint density at radius 2 is 1.84 bits per heavy atom. The van der Waals surface area contributed by atoms with E-state index in [-0.39, 0.29) is 18.1 Å². The number of hydrogen-bond donors (Lipinski definition) is 0. The number of rotatable bonds is 7. The summed E-state index contributed by atoms with van der Waals surface area (Å²) in [6.45, 7) is 1.88. The fourth-order valence-electron chi connectivity index (χ4n) is 4.15. The standard InChI is InChI=1S/C28H25BrN4O5/c1-36-24-16-21(29)15-20(26(24)38-18-25(34)32-11-13-37-14-12-32)17-30-33-27(19-7-3-2-4-8-19)31-23-10-6-5-9-22(23)28(33)35/h2-10,15-17H,11-14,18H2,1H3. The number of amides is 1. The zero-order valence-electron chi connectivity index (χ0n) is 20.7. The van der Waals surface area contributed by atoms with E-state index < -0.39 is 0 Å². The normalized spacial score (nSPS) is 13.7. The van der Waals surface area contributed by atoms with Crippen LogP contribution in [0.25, 0.3) is 22.3 Å². The van der Waals surface area contributed by atoms with Gasteiger partial charge in [0.05, 0.1) is 37.4 Å². The summed E-state index contributed by atoms with van der Waals surface area (Å²) in [6, 6.07) is 20.1. The number of carbonyl (C=O) groups is 1. The van der Waals surface area contributed by atoms with Crippen LogP contribution in [0.4, 0.5) is 0 Å². The second-order valence-corrected chi connectivity index (χ2v) is 9.40. The van der Waals surface area contributed by atoms with Crippen molar-refractivity contribution in [3.8, 4) is 22.9 Å². The van der Waals surface area contributed by atoms with Gasteiger partial charge in [0.2, 0.25) is 0 Å². The molecule has 0 aliphatic carbocycles. The van der Waals surface area contributed by atoms with Gasteiger partial charge in [-0.25, -0.2) is 4.98 Å². The zero-order valence-corrected chi connectivity index (χ0v) is 22.3. The Balaban J connectivity index is 1.55. The molecule has 0 bridgehead atoms. The molecule has 3 aromatic carbocycles. The van der Waals surface area contributed by atoms with Crippen LogP contribution in [0.3, 0.4) is 0 Å². The van der Waals surface area contributed by atoms with Crippen molar-refractivity contribution < 1.29 is 19.0 Å². The molecule has 0 spiro atoms. The average molecular weight is 577 g/mol. The number of halogens is 1. The Kier molecular flexibility index (Phi) is 7.81. The second-order valence-electron chi connectivity index (χ2n) is 8.49. The highest BCUT2D eigenvalue weighted by molar-refractivity contribution is 9.10. The van der Waals surface area contributed by atoms with E-state index in [9.17, 15) is 9.59 Å². The molecule has 4 aromatic rings. The van der Waals surface area contributed by atoms with Crippen LogP contribution >= 0.6 is 15.9 Å². The van der Waals surface area contributed by atoms with Crippen molar-refractivity contribution in [3.05, 3.63) is 87.1 Å². The summed E-state index contributed by atoms with van der Waals surface area (Å²) in [4.78, 5) is 32.6. The Morgan fingerprint density at radius 1 is 1.11 bits per heavy atom. The number of ether oxygens (including phenoxy) is 3. The molecule has 1 saturated heterocycles. The van der Waals surface area contributed by atoms with Gasteiger partial charge in [0.25, 0.3) is 11.5 Å². The molecule has 9 nitrogen and oxygen atoms in total. The van der Waals surface area contributed by atoms with Crippen LogP contribution in [0, 0.1) is 0 Å². The summed E-state index contributed by atoms with van der Waals surface area (Å²) in [5.41, 5.74) is 1.53. The molecule has 0 saturated carbocycles. The highest BCUT2D eigenvalue weighted by Gasteiger charge is 2.20. The molecule has 0 unspecified atom stereocenters. The molecule has 0 radical (unpaired) electrons. The maximum absolute atomic E-state index is 13.5. The minimum Gasteiger partial charge on any atom is -0.493 e. The van der Waals surface area contributed by atoms with Crippen molar-refractivity contribution in [2.45, 2.75) is 0 Å². The van der Waals surface area contributed by atoms with Gasteiger partial charge in [0, 0.05) is 28.7 Å². The third-order valence-corrected chi connectivity index (χ3v) is 6.53. The third-order valence-electron chi connectivity index (χ3n) is 6.07. The first-order valence-electron chi connectivity index (χ1n) is 12.0. The van der Waals surface area contributed by atoms with Gasteiger partial charge in [-0.15, -0.1) is 0 Å².